The molecule has 11 heterocycles. The summed E-state index contributed by atoms with van der Waals surface area (Å²) in [7, 11) is -19.8. The van der Waals surface area contributed by atoms with Crippen LogP contribution in [0.25, 0.3) is 22.3 Å². The Labute approximate surface area is 349 Å². The van der Waals surface area contributed by atoms with E-state index in [0.717, 1.165) is 26.2 Å². The maximum atomic E-state index is 8.49. The third-order valence-corrected chi connectivity index (χ3v) is 7.67. The van der Waals surface area contributed by atoms with Gasteiger partial charge in [0.1, 0.15) is 0 Å². The first-order chi connectivity index (χ1) is 27.7. The number of hydrogen-bond donors (Lipinski definition) is 0. The van der Waals surface area contributed by atoms with E-state index in [-0.39, 0.29) is 0 Å². The summed E-state index contributed by atoms with van der Waals surface area (Å²) < 4.78 is 145. The fourth-order valence-corrected chi connectivity index (χ4v) is 5.52. The van der Waals surface area contributed by atoms with Gasteiger partial charge in [-0.05, 0) is 34.4 Å². The molecule has 0 saturated heterocycles. The molecule has 0 N–H and O–H groups in total. The Bertz CT molecular complexity index is 1870. The summed E-state index contributed by atoms with van der Waals surface area (Å²) in [5.41, 5.74) is 10.1. The van der Waals surface area contributed by atoms with E-state index in [0.29, 0.717) is 0 Å². The zero-order chi connectivity index (χ0) is 44.7. The molecule has 7 aliphatic heterocycles. The molecule has 0 radical (unpaired) electrons. The molecule has 0 unspecified atom stereocenters. The number of benzene rings is 2. The maximum absolute atomic E-state index is 8.49. The Morgan fingerprint density at radius 1 is 0.267 bits per heavy atom. The molecule has 0 atom stereocenters. The van der Waals surface area contributed by atoms with Gasteiger partial charge in [-0.1, -0.05) is 36.4 Å². The van der Waals surface area contributed by atoms with Gasteiger partial charge in [-0.15, -0.1) is 41.0 Å². The highest BCUT2D eigenvalue weighted by molar-refractivity contribution is 5.61. The van der Waals surface area contributed by atoms with Crippen LogP contribution in [0.4, 0.5) is 0 Å². The molecule has 4 aromatic heterocycles. The third-order valence-electron chi connectivity index (χ3n) is 7.67. The fraction of sp³-hybridized carbons (Fsp3) is 0.111. The molecule has 12 bridgehead atoms. The average Bonchev–Trinajstić information content (AvgIpc) is 3.10. The highest BCUT2D eigenvalue weighted by Gasteiger charge is 2.12. The van der Waals surface area contributed by atoms with Crippen molar-refractivity contribution >= 4 is 0 Å². The zero-order valence-corrected chi connectivity index (χ0v) is 33.5. The highest BCUT2D eigenvalue weighted by Crippen LogP contribution is 2.18. The monoisotopic (exact) mass is 916 g/mol. The minimum absolute atomic E-state index is 0.847. The summed E-state index contributed by atoms with van der Waals surface area (Å²) in [6.07, 6.45) is 17.4. The number of rotatable bonds is 0. The number of aromatic nitrogens is 4. The lowest BCUT2D eigenvalue weighted by Gasteiger charge is -2.17. The zero-order valence-electron chi connectivity index (χ0n) is 30.5. The van der Waals surface area contributed by atoms with Gasteiger partial charge < -0.3 is 0 Å². The lowest BCUT2D eigenvalue weighted by atomic mass is 10.1. The molecule has 24 heteroatoms. The van der Waals surface area contributed by atoms with Crippen molar-refractivity contribution in [2.45, 2.75) is 26.2 Å². The van der Waals surface area contributed by atoms with Crippen molar-refractivity contribution in [3.63, 3.8) is 0 Å². The molecule has 0 aliphatic carbocycles. The Hall–Kier alpha value is -4.44. The molecule has 0 spiro atoms. The minimum atomic E-state index is -4.94. The molecule has 7 aliphatic rings. The maximum Gasteiger partial charge on any atom is 0.173 e. The molecule has 20 nitrogen and oxygen atoms in total. The highest BCUT2D eigenvalue weighted by atomic mass is 35.7. The second kappa shape index (κ2) is 22.4. The van der Waals surface area contributed by atoms with Gasteiger partial charge in [-0.25, -0.2) is 92.8 Å². The predicted octanol–water partition coefficient (Wildman–Crippen LogP) is -14.3. The van der Waals surface area contributed by atoms with Crippen molar-refractivity contribution in [2.24, 2.45) is 0 Å². The van der Waals surface area contributed by atoms with Gasteiger partial charge >= 0.3 is 0 Å². The average molecular weight is 918 g/mol. The second-order valence-electron chi connectivity index (χ2n) is 12.2. The first-order valence-corrected chi connectivity index (χ1v) is 21.3. The van der Waals surface area contributed by atoms with Crippen LogP contribution in [0.15, 0.2) is 147 Å². The van der Waals surface area contributed by atoms with Crippen LogP contribution in [0.5, 0.6) is 0 Å². The topological polar surface area (TPSA) is 384 Å². The first kappa shape index (κ1) is 49.9. The smallest absolute Gasteiger partial charge is 0.173 e. The third kappa shape index (κ3) is 23.4. The van der Waals surface area contributed by atoms with E-state index in [9.17, 15) is 0 Å². The molecule has 320 valence electrons. The molecule has 13 rings (SSSR count). The lowest BCUT2D eigenvalue weighted by molar-refractivity contribution is -2.00. The van der Waals surface area contributed by atoms with E-state index >= 15 is 0 Å². The summed E-state index contributed by atoms with van der Waals surface area (Å²) in [5.74, 6) is 0. The number of pyridine rings is 4. The van der Waals surface area contributed by atoms with Gasteiger partial charge in [0.05, 0.1) is 0 Å². The van der Waals surface area contributed by atoms with Gasteiger partial charge in [0, 0.05) is 70.8 Å². The van der Waals surface area contributed by atoms with Crippen molar-refractivity contribution in [3.8, 4) is 22.3 Å². The van der Waals surface area contributed by atoms with Gasteiger partial charge in [0.25, 0.3) is 0 Å². The van der Waals surface area contributed by atoms with Crippen molar-refractivity contribution in [1.29, 1.82) is 0 Å². The van der Waals surface area contributed by atoms with Gasteiger partial charge in [0.15, 0.2) is 75.8 Å². The number of halogens is 4. The van der Waals surface area contributed by atoms with E-state index in [1.807, 2.05) is 0 Å². The SMILES string of the molecule is [O-][Cl+3]([O-])([O-])[O-].[O-][Cl+3]([O-])([O-])[O-].[O-][Cl+3]([O-])([O-])[O-].[O-][Cl+3]([O-])([O-])[O-].c1cc2cc(c1)C[n+]1ccc(cc1)-c1cc[n+](cc1)Cc1cccc(c1)C[n+]1ccc(cc1)-c1cc[n+](cc1)C2. The minimum Gasteiger partial charge on any atom is -0.222 e. The quantitative estimate of drug-likeness (QED) is 0.127. The van der Waals surface area contributed by atoms with Crippen LogP contribution in [0.3, 0.4) is 0 Å². The molecular formula is C36H32Cl4N4O16. The standard InChI is InChI=1S/C36H32N4.4ClHO4/c1-3-29-23-30(4-1)26-38-17-9-34(10-18-38)36-13-21-40(22-14-36)28-32-6-2-5-31(24-32)27-39-19-11-35(12-20-39)33-7-15-37(25-29)16-8-33;4*2-1(3,4)5/h1-24H,25-28H2;4*(H,2,3,4,5)/q+4;;;;/p-4. The molecule has 2 aromatic carbocycles. The van der Waals surface area contributed by atoms with Crippen LogP contribution in [0.2, 0.25) is 0 Å². The van der Waals surface area contributed by atoms with Crippen LogP contribution in [-0.2, 0) is 26.2 Å². The Morgan fingerprint density at radius 3 is 0.567 bits per heavy atom. The molecule has 0 amide bonds. The summed E-state index contributed by atoms with van der Waals surface area (Å²) in [6, 6.07) is 35.4. The van der Waals surface area contributed by atoms with E-state index in [2.05, 4.69) is 165 Å². The largest absolute Gasteiger partial charge is 0.222 e. The number of hydrogen-bond acceptors (Lipinski definition) is 16. The molecule has 60 heavy (non-hydrogen) atoms. The van der Waals surface area contributed by atoms with E-state index < -0.39 is 41.0 Å². The van der Waals surface area contributed by atoms with Crippen LogP contribution < -0.4 is 92.8 Å². The Balaban J connectivity index is 0.000000402. The van der Waals surface area contributed by atoms with Crippen LogP contribution in [0.1, 0.15) is 22.3 Å². The van der Waals surface area contributed by atoms with Crippen molar-refractivity contribution < 1.29 is 134 Å². The molecule has 6 aromatic rings. The van der Waals surface area contributed by atoms with E-state index in [1.54, 1.807) is 0 Å². The fourth-order valence-electron chi connectivity index (χ4n) is 5.52. The van der Waals surface area contributed by atoms with Crippen LogP contribution in [-0.4, -0.2) is 0 Å². The predicted molar refractivity (Wildman–Crippen MR) is 154 cm³/mol. The number of nitrogens with zero attached hydrogens (tertiary/aromatic N) is 4. The Morgan fingerprint density at radius 2 is 0.417 bits per heavy atom. The van der Waals surface area contributed by atoms with E-state index in [4.69, 9.17) is 74.5 Å². The van der Waals surface area contributed by atoms with Gasteiger partial charge in [0.2, 0.25) is 0 Å². The van der Waals surface area contributed by atoms with Crippen molar-refractivity contribution in [1.82, 2.24) is 0 Å². The molecular weight excluding hydrogens is 886 g/mol. The van der Waals surface area contributed by atoms with Crippen LogP contribution in [0, 0.1) is 41.0 Å². The summed E-state index contributed by atoms with van der Waals surface area (Å²) in [4.78, 5) is 0. The van der Waals surface area contributed by atoms with Crippen molar-refractivity contribution in [3.05, 3.63) is 169 Å². The summed E-state index contributed by atoms with van der Waals surface area (Å²) >= 11 is 0. The Kier molecular flexibility index (Phi) is 18.6. The van der Waals surface area contributed by atoms with Crippen LogP contribution >= 0.6 is 0 Å². The normalized spacial score (nSPS) is 12.4. The first-order valence-electron chi connectivity index (χ1n) is 16.3. The van der Waals surface area contributed by atoms with Gasteiger partial charge in [-0.2, -0.15) is 0 Å². The van der Waals surface area contributed by atoms with Gasteiger partial charge in [-0.3, -0.25) is 0 Å². The second-order valence-corrected chi connectivity index (χ2v) is 15.2. The summed E-state index contributed by atoms with van der Waals surface area (Å²) in [6.45, 7) is 3.39. The summed E-state index contributed by atoms with van der Waals surface area (Å²) in [5, 5.41) is 0. The molecule has 0 fully saturated rings. The van der Waals surface area contributed by atoms with E-state index in [1.165, 1.54) is 44.5 Å². The van der Waals surface area contributed by atoms with Crippen molar-refractivity contribution in [2.75, 3.05) is 0 Å². The lowest BCUT2D eigenvalue weighted by Crippen LogP contribution is -2.68. The molecule has 0 saturated carbocycles.